The highest BCUT2D eigenvalue weighted by molar-refractivity contribution is 7.89. The van der Waals surface area contributed by atoms with Gasteiger partial charge in [0.15, 0.2) is 0 Å². The van der Waals surface area contributed by atoms with E-state index in [0.717, 1.165) is 55.4 Å². The Bertz CT molecular complexity index is 948. The molecule has 0 aromatic heterocycles. The van der Waals surface area contributed by atoms with Gasteiger partial charge in [0.2, 0.25) is 15.9 Å². The van der Waals surface area contributed by atoms with E-state index in [0.29, 0.717) is 5.69 Å². The first-order valence-electron chi connectivity index (χ1n) is 9.91. The zero-order valence-corrected chi connectivity index (χ0v) is 17.6. The van der Waals surface area contributed by atoms with Crippen molar-refractivity contribution in [3.63, 3.8) is 0 Å². The lowest BCUT2D eigenvalue weighted by molar-refractivity contribution is -0.116. The Labute approximate surface area is 172 Å². The second kappa shape index (κ2) is 9.05. The summed E-state index contributed by atoms with van der Waals surface area (Å²) in [6, 6.07) is 10.2. The summed E-state index contributed by atoms with van der Waals surface area (Å²) < 4.78 is 41.1. The van der Waals surface area contributed by atoms with Crippen molar-refractivity contribution in [2.45, 2.75) is 56.9 Å². The molecule has 1 aliphatic carbocycles. The molecule has 0 heterocycles. The third-order valence-electron chi connectivity index (χ3n) is 5.21. The summed E-state index contributed by atoms with van der Waals surface area (Å²) in [5, 5.41) is 2.82. The van der Waals surface area contributed by atoms with Crippen molar-refractivity contribution in [1.29, 1.82) is 0 Å². The number of nitrogens with zero attached hydrogens (tertiary/aromatic N) is 1. The second-order valence-corrected chi connectivity index (χ2v) is 9.61. The average molecular weight is 419 g/mol. The van der Waals surface area contributed by atoms with Crippen LogP contribution < -0.4 is 5.32 Å². The van der Waals surface area contributed by atoms with Crippen LogP contribution in [-0.2, 0) is 14.8 Å². The predicted octanol–water partition coefficient (Wildman–Crippen LogP) is 4.40. The minimum atomic E-state index is -3.92. The number of rotatable bonds is 6. The zero-order valence-electron chi connectivity index (χ0n) is 16.8. The van der Waals surface area contributed by atoms with Crippen molar-refractivity contribution in [1.82, 2.24) is 4.31 Å². The van der Waals surface area contributed by atoms with E-state index < -0.39 is 15.8 Å². The smallest absolute Gasteiger partial charge is 0.243 e. The third kappa shape index (κ3) is 5.42. The number of anilines is 1. The summed E-state index contributed by atoms with van der Waals surface area (Å²) in [6.07, 6.45) is 4.36. The fourth-order valence-corrected chi connectivity index (χ4v) is 5.55. The molecule has 0 radical (unpaired) electrons. The number of nitrogens with one attached hydrogen (secondary N) is 1. The number of hydrogen-bond acceptors (Lipinski definition) is 3. The average Bonchev–Trinajstić information content (AvgIpc) is 2.66. The molecule has 156 valence electrons. The van der Waals surface area contributed by atoms with Gasteiger partial charge in [-0.25, -0.2) is 12.8 Å². The van der Waals surface area contributed by atoms with Gasteiger partial charge in [0, 0.05) is 11.7 Å². The molecule has 29 heavy (non-hydrogen) atoms. The van der Waals surface area contributed by atoms with Crippen molar-refractivity contribution in [3.05, 3.63) is 59.4 Å². The van der Waals surface area contributed by atoms with Crippen molar-refractivity contribution in [2.75, 3.05) is 11.9 Å². The summed E-state index contributed by atoms with van der Waals surface area (Å²) in [5.74, 6) is -0.882. The molecule has 0 spiro atoms. The quantitative estimate of drug-likeness (QED) is 0.756. The molecule has 1 saturated carbocycles. The van der Waals surface area contributed by atoms with Crippen LogP contribution in [0.5, 0.6) is 0 Å². The van der Waals surface area contributed by atoms with Crippen LogP contribution in [0.2, 0.25) is 0 Å². The molecule has 0 unspecified atom stereocenters. The van der Waals surface area contributed by atoms with Crippen LogP contribution in [0.25, 0.3) is 0 Å². The molecular weight excluding hydrogens is 391 g/mol. The monoisotopic (exact) mass is 418 g/mol. The molecule has 3 rings (SSSR count). The standard InChI is InChI=1S/C22H27FN2O3S/c1-16-12-17(2)14-19(13-16)24-22(26)15-25(20-6-4-3-5-7-20)29(27,28)21-10-8-18(23)9-11-21/h8-14,20H,3-7,15H2,1-2H3,(H,24,26). The first kappa shape index (κ1) is 21.5. The van der Waals surface area contributed by atoms with Gasteiger partial charge in [-0.2, -0.15) is 4.31 Å². The topological polar surface area (TPSA) is 66.5 Å². The lowest BCUT2D eigenvalue weighted by atomic mass is 9.95. The van der Waals surface area contributed by atoms with E-state index >= 15 is 0 Å². The third-order valence-corrected chi connectivity index (χ3v) is 7.12. The highest BCUT2D eigenvalue weighted by atomic mass is 32.2. The molecule has 1 aliphatic rings. The number of aryl methyl sites for hydroxylation is 2. The number of hydrogen-bond donors (Lipinski definition) is 1. The summed E-state index contributed by atoms with van der Waals surface area (Å²) >= 11 is 0. The highest BCUT2D eigenvalue weighted by Crippen LogP contribution is 2.28. The molecule has 2 aromatic rings. The largest absolute Gasteiger partial charge is 0.325 e. The molecule has 0 saturated heterocycles. The normalized spacial score (nSPS) is 15.4. The Hall–Kier alpha value is -2.25. The van der Waals surface area contributed by atoms with Crippen LogP contribution >= 0.6 is 0 Å². The zero-order chi connectivity index (χ0) is 21.0. The first-order valence-corrected chi connectivity index (χ1v) is 11.4. The maximum atomic E-state index is 13.3. The van der Waals surface area contributed by atoms with E-state index in [2.05, 4.69) is 5.32 Å². The Balaban J connectivity index is 1.85. The molecule has 1 amide bonds. The van der Waals surface area contributed by atoms with Gasteiger partial charge >= 0.3 is 0 Å². The number of carbonyl (C=O) groups is 1. The lowest BCUT2D eigenvalue weighted by Crippen LogP contribution is -2.45. The van der Waals surface area contributed by atoms with Crippen molar-refractivity contribution in [3.8, 4) is 0 Å². The van der Waals surface area contributed by atoms with Gasteiger partial charge in [-0.05, 0) is 74.2 Å². The molecule has 0 bridgehead atoms. The van der Waals surface area contributed by atoms with Crippen LogP contribution in [0.1, 0.15) is 43.2 Å². The van der Waals surface area contributed by atoms with Gasteiger partial charge in [0.1, 0.15) is 5.82 Å². The van der Waals surface area contributed by atoms with Crippen LogP contribution in [0, 0.1) is 19.7 Å². The number of halogens is 1. The van der Waals surface area contributed by atoms with E-state index in [9.17, 15) is 17.6 Å². The molecular formula is C22H27FN2O3S. The number of amides is 1. The SMILES string of the molecule is Cc1cc(C)cc(NC(=O)CN(C2CCCCC2)S(=O)(=O)c2ccc(F)cc2)c1. The number of benzene rings is 2. The maximum Gasteiger partial charge on any atom is 0.243 e. The second-order valence-electron chi connectivity index (χ2n) is 7.72. The predicted molar refractivity (Wildman–Crippen MR) is 112 cm³/mol. The number of carbonyl (C=O) groups excluding carboxylic acids is 1. The van der Waals surface area contributed by atoms with Crippen molar-refractivity contribution >= 4 is 21.6 Å². The number of sulfonamides is 1. The fraction of sp³-hybridized carbons (Fsp3) is 0.409. The lowest BCUT2D eigenvalue weighted by Gasteiger charge is -2.33. The Morgan fingerprint density at radius 2 is 1.62 bits per heavy atom. The molecule has 0 aliphatic heterocycles. The van der Waals surface area contributed by atoms with Gasteiger partial charge in [-0.15, -0.1) is 0 Å². The van der Waals surface area contributed by atoms with Gasteiger partial charge in [-0.3, -0.25) is 4.79 Å². The summed E-state index contributed by atoms with van der Waals surface area (Å²) in [7, 11) is -3.92. The molecule has 5 nitrogen and oxygen atoms in total. The molecule has 1 fully saturated rings. The van der Waals surface area contributed by atoms with Gasteiger partial charge in [-0.1, -0.05) is 25.3 Å². The maximum absolute atomic E-state index is 13.3. The van der Waals surface area contributed by atoms with Gasteiger partial charge in [0.25, 0.3) is 0 Å². The Kier molecular flexibility index (Phi) is 6.70. The van der Waals surface area contributed by atoms with Gasteiger partial charge in [0.05, 0.1) is 11.4 Å². The van der Waals surface area contributed by atoms with Crippen LogP contribution in [0.4, 0.5) is 10.1 Å². The van der Waals surface area contributed by atoms with Crippen LogP contribution in [0.3, 0.4) is 0 Å². The fourth-order valence-electron chi connectivity index (χ4n) is 3.91. The minimum Gasteiger partial charge on any atom is -0.325 e. The summed E-state index contributed by atoms with van der Waals surface area (Å²) in [6.45, 7) is 3.61. The first-order chi connectivity index (χ1) is 13.8. The van der Waals surface area contributed by atoms with Crippen molar-refractivity contribution < 1.29 is 17.6 Å². The van der Waals surface area contributed by atoms with Crippen LogP contribution in [-0.4, -0.2) is 31.2 Å². The Morgan fingerprint density at radius 1 is 1.03 bits per heavy atom. The molecule has 1 N–H and O–H groups in total. The Morgan fingerprint density at radius 3 is 2.21 bits per heavy atom. The van der Waals surface area contributed by atoms with E-state index in [1.54, 1.807) is 0 Å². The molecule has 2 aromatic carbocycles. The van der Waals surface area contributed by atoms with E-state index in [1.165, 1.54) is 16.4 Å². The molecule has 7 heteroatoms. The van der Waals surface area contributed by atoms with Gasteiger partial charge < -0.3 is 5.32 Å². The summed E-state index contributed by atoms with van der Waals surface area (Å²) in [4.78, 5) is 12.7. The van der Waals surface area contributed by atoms with E-state index in [-0.39, 0.29) is 23.4 Å². The summed E-state index contributed by atoms with van der Waals surface area (Å²) in [5.41, 5.74) is 2.68. The van der Waals surface area contributed by atoms with Crippen molar-refractivity contribution in [2.24, 2.45) is 0 Å². The minimum absolute atomic E-state index is 0.00340. The highest BCUT2D eigenvalue weighted by Gasteiger charge is 2.34. The molecule has 0 atom stereocenters. The van der Waals surface area contributed by atoms with E-state index in [1.807, 2.05) is 32.0 Å². The van der Waals surface area contributed by atoms with E-state index in [4.69, 9.17) is 0 Å². The van der Waals surface area contributed by atoms with Crippen LogP contribution in [0.15, 0.2) is 47.4 Å².